The SMILES string of the molecule is Oc1cccc(N2C=NCC2)c1. The molecule has 1 aromatic carbocycles. The number of hydrogen-bond acceptors (Lipinski definition) is 3. The predicted molar refractivity (Wildman–Crippen MR) is 48.8 cm³/mol. The maximum Gasteiger partial charge on any atom is 0.117 e. The summed E-state index contributed by atoms with van der Waals surface area (Å²) < 4.78 is 0. The van der Waals surface area contributed by atoms with Gasteiger partial charge in [-0.25, -0.2) is 0 Å². The number of rotatable bonds is 1. The fourth-order valence-corrected chi connectivity index (χ4v) is 1.25. The number of nitrogens with zero attached hydrogens (tertiary/aromatic N) is 2. The van der Waals surface area contributed by atoms with Gasteiger partial charge >= 0.3 is 0 Å². The van der Waals surface area contributed by atoms with E-state index < -0.39 is 0 Å². The Bertz CT molecular complexity index is 309. The molecule has 0 aromatic heterocycles. The van der Waals surface area contributed by atoms with Gasteiger partial charge in [-0.2, -0.15) is 0 Å². The summed E-state index contributed by atoms with van der Waals surface area (Å²) in [5.41, 5.74) is 0.997. The lowest BCUT2D eigenvalue weighted by Gasteiger charge is -2.13. The molecule has 0 saturated carbocycles. The normalized spacial score (nSPS) is 15.5. The van der Waals surface area contributed by atoms with Crippen LogP contribution in [0.15, 0.2) is 29.3 Å². The third-order valence-corrected chi connectivity index (χ3v) is 1.85. The molecule has 12 heavy (non-hydrogen) atoms. The number of aliphatic imine (C=N–C) groups is 1. The zero-order valence-corrected chi connectivity index (χ0v) is 6.64. The lowest BCUT2D eigenvalue weighted by atomic mass is 10.3. The molecule has 0 fully saturated rings. The molecule has 0 atom stereocenters. The lowest BCUT2D eigenvalue weighted by molar-refractivity contribution is 0.475. The van der Waals surface area contributed by atoms with E-state index in [0.29, 0.717) is 5.75 Å². The maximum absolute atomic E-state index is 9.20. The molecule has 0 saturated heterocycles. The highest BCUT2D eigenvalue weighted by Crippen LogP contribution is 2.19. The highest BCUT2D eigenvalue weighted by atomic mass is 16.3. The van der Waals surface area contributed by atoms with Crippen molar-refractivity contribution in [2.24, 2.45) is 4.99 Å². The second-order valence-electron chi connectivity index (χ2n) is 2.73. The molecule has 1 aromatic rings. The van der Waals surface area contributed by atoms with E-state index in [9.17, 15) is 5.11 Å². The third kappa shape index (κ3) is 1.25. The van der Waals surface area contributed by atoms with Crippen molar-refractivity contribution >= 4 is 12.0 Å². The molecule has 1 aliphatic rings. The Morgan fingerprint density at radius 2 is 2.33 bits per heavy atom. The topological polar surface area (TPSA) is 35.8 Å². The van der Waals surface area contributed by atoms with Gasteiger partial charge in [-0.05, 0) is 12.1 Å². The summed E-state index contributed by atoms with van der Waals surface area (Å²) in [5, 5.41) is 9.20. The van der Waals surface area contributed by atoms with Gasteiger partial charge in [0, 0.05) is 18.3 Å². The zero-order chi connectivity index (χ0) is 8.39. The third-order valence-electron chi connectivity index (χ3n) is 1.85. The van der Waals surface area contributed by atoms with E-state index in [2.05, 4.69) is 4.99 Å². The van der Waals surface area contributed by atoms with E-state index in [1.807, 2.05) is 17.0 Å². The minimum Gasteiger partial charge on any atom is -0.508 e. The number of benzene rings is 1. The largest absolute Gasteiger partial charge is 0.508 e. The van der Waals surface area contributed by atoms with Crippen molar-refractivity contribution in [2.45, 2.75) is 0 Å². The Hall–Kier alpha value is -1.51. The molecule has 1 N–H and O–H groups in total. The summed E-state index contributed by atoms with van der Waals surface area (Å²) >= 11 is 0. The second kappa shape index (κ2) is 2.85. The highest BCUT2D eigenvalue weighted by Gasteiger charge is 2.07. The fraction of sp³-hybridized carbons (Fsp3) is 0.222. The van der Waals surface area contributed by atoms with Gasteiger partial charge in [0.1, 0.15) is 5.75 Å². The quantitative estimate of drug-likeness (QED) is 0.674. The first kappa shape index (κ1) is 7.16. The Kier molecular flexibility index (Phi) is 1.70. The molecule has 0 amide bonds. The van der Waals surface area contributed by atoms with Crippen LogP contribution in [0.3, 0.4) is 0 Å². The number of hydrogen-bond donors (Lipinski definition) is 1. The first-order chi connectivity index (χ1) is 5.86. The van der Waals surface area contributed by atoms with Crippen LogP contribution in [0, 0.1) is 0 Å². The monoisotopic (exact) mass is 162 g/mol. The molecule has 1 aliphatic heterocycles. The molecule has 0 aliphatic carbocycles. The van der Waals surface area contributed by atoms with E-state index >= 15 is 0 Å². The average molecular weight is 162 g/mol. The second-order valence-corrected chi connectivity index (χ2v) is 2.73. The van der Waals surface area contributed by atoms with Crippen molar-refractivity contribution < 1.29 is 5.11 Å². The summed E-state index contributed by atoms with van der Waals surface area (Å²) in [5.74, 6) is 0.299. The summed E-state index contributed by atoms with van der Waals surface area (Å²) in [6.07, 6.45) is 1.80. The zero-order valence-electron chi connectivity index (χ0n) is 6.64. The smallest absolute Gasteiger partial charge is 0.117 e. The number of anilines is 1. The van der Waals surface area contributed by atoms with Crippen molar-refractivity contribution in [1.82, 2.24) is 0 Å². The van der Waals surface area contributed by atoms with Crippen LogP contribution in [0.4, 0.5) is 5.69 Å². The molecule has 0 radical (unpaired) electrons. The fourth-order valence-electron chi connectivity index (χ4n) is 1.25. The minimum absolute atomic E-state index is 0.299. The van der Waals surface area contributed by atoms with Gasteiger partial charge in [-0.1, -0.05) is 6.07 Å². The summed E-state index contributed by atoms with van der Waals surface area (Å²) in [4.78, 5) is 6.10. The predicted octanol–water partition coefficient (Wildman–Crippen LogP) is 1.24. The van der Waals surface area contributed by atoms with Gasteiger partial charge in [0.15, 0.2) is 0 Å². The molecular formula is C9H10N2O. The average Bonchev–Trinajstić information content (AvgIpc) is 2.56. The molecule has 3 heteroatoms. The summed E-state index contributed by atoms with van der Waals surface area (Å²) in [6, 6.07) is 7.18. The molecule has 1 heterocycles. The van der Waals surface area contributed by atoms with Gasteiger partial charge in [0.05, 0.1) is 12.9 Å². The van der Waals surface area contributed by atoms with Crippen molar-refractivity contribution in [3.05, 3.63) is 24.3 Å². The van der Waals surface area contributed by atoms with Crippen molar-refractivity contribution in [1.29, 1.82) is 0 Å². The van der Waals surface area contributed by atoms with Crippen molar-refractivity contribution in [3.8, 4) is 5.75 Å². The molecule has 0 bridgehead atoms. The Balaban J connectivity index is 2.27. The van der Waals surface area contributed by atoms with E-state index in [4.69, 9.17) is 0 Å². The van der Waals surface area contributed by atoms with Crippen LogP contribution in [-0.2, 0) is 0 Å². The standard InChI is InChI=1S/C9H10N2O/c12-9-3-1-2-8(6-9)11-5-4-10-7-11/h1-3,6-7,12H,4-5H2. The number of phenols is 1. The first-order valence-electron chi connectivity index (χ1n) is 3.92. The van der Waals surface area contributed by atoms with Crippen molar-refractivity contribution in [3.63, 3.8) is 0 Å². The minimum atomic E-state index is 0.299. The van der Waals surface area contributed by atoms with E-state index in [-0.39, 0.29) is 0 Å². The van der Waals surface area contributed by atoms with Crippen LogP contribution in [0.1, 0.15) is 0 Å². The van der Waals surface area contributed by atoms with E-state index in [1.54, 1.807) is 18.5 Å². The molecular weight excluding hydrogens is 152 g/mol. The van der Waals surface area contributed by atoms with Crippen LogP contribution >= 0.6 is 0 Å². The lowest BCUT2D eigenvalue weighted by Crippen LogP contribution is -2.17. The maximum atomic E-state index is 9.20. The van der Waals surface area contributed by atoms with Gasteiger partial charge in [-0.3, -0.25) is 4.99 Å². The van der Waals surface area contributed by atoms with Gasteiger partial charge in [0.2, 0.25) is 0 Å². The molecule has 62 valence electrons. The van der Waals surface area contributed by atoms with Crippen LogP contribution in [0.5, 0.6) is 5.75 Å². The van der Waals surface area contributed by atoms with Gasteiger partial charge in [-0.15, -0.1) is 0 Å². The highest BCUT2D eigenvalue weighted by molar-refractivity contribution is 5.81. The van der Waals surface area contributed by atoms with Gasteiger partial charge < -0.3 is 10.0 Å². The summed E-state index contributed by atoms with van der Waals surface area (Å²) in [6.45, 7) is 1.75. The summed E-state index contributed by atoms with van der Waals surface area (Å²) in [7, 11) is 0. The Labute approximate surface area is 71.0 Å². The van der Waals surface area contributed by atoms with Crippen LogP contribution in [0.25, 0.3) is 0 Å². The number of aromatic hydroxyl groups is 1. The van der Waals surface area contributed by atoms with Crippen molar-refractivity contribution in [2.75, 3.05) is 18.0 Å². The van der Waals surface area contributed by atoms with E-state index in [0.717, 1.165) is 18.8 Å². The molecule has 0 unspecified atom stereocenters. The Morgan fingerprint density at radius 1 is 1.42 bits per heavy atom. The van der Waals surface area contributed by atoms with E-state index in [1.165, 1.54) is 0 Å². The van der Waals surface area contributed by atoms with Crippen LogP contribution in [-0.4, -0.2) is 24.5 Å². The van der Waals surface area contributed by atoms with Crippen LogP contribution in [0.2, 0.25) is 0 Å². The molecule has 3 nitrogen and oxygen atoms in total. The first-order valence-corrected chi connectivity index (χ1v) is 3.92. The van der Waals surface area contributed by atoms with Crippen LogP contribution < -0.4 is 4.90 Å². The molecule has 2 rings (SSSR count). The Morgan fingerprint density at radius 3 is 3.00 bits per heavy atom. The number of phenolic OH excluding ortho intramolecular Hbond substituents is 1. The molecule has 0 spiro atoms. The van der Waals surface area contributed by atoms with Gasteiger partial charge in [0.25, 0.3) is 0 Å².